The molecule has 2 aliphatic heterocycles. The number of benzene rings is 1. The van der Waals surface area contributed by atoms with Crippen LogP contribution in [0.5, 0.6) is 0 Å². The van der Waals surface area contributed by atoms with Crippen LogP contribution in [0.25, 0.3) is 11.0 Å². The van der Waals surface area contributed by atoms with Crippen LogP contribution in [0, 0.1) is 0 Å². The van der Waals surface area contributed by atoms with Gasteiger partial charge in [-0.1, -0.05) is 12.1 Å². The third kappa shape index (κ3) is 4.27. The second-order valence-electron chi connectivity index (χ2n) is 8.30. The topological polar surface area (TPSA) is 105 Å². The molecule has 0 bridgehead atoms. The maximum atomic E-state index is 13.0. The Labute approximate surface area is 180 Å². The summed E-state index contributed by atoms with van der Waals surface area (Å²) in [4.78, 5) is 51.1. The fourth-order valence-electron chi connectivity index (χ4n) is 4.62. The smallest absolute Gasteiger partial charge is 0.329 e. The van der Waals surface area contributed by atoms with Crippen LogP contribution in [0.3, 0.4) is 0 Å². The number of aryl methyl sites for hydroxylation is 2. The second kappa shape index (κ2) is 9.05. The number of aromatic nitrogens is 2. The fraction of sp³-hybridized carbons (Fsp3) is 0.545. The molecule has 0 spiro atoms. The standard InChI is InChI=1S/C22H29N5O4/c1-25-20-15(5-2-3-8-19(29)26-13-11-23-12-14-26)6-4-7-16(20)27(22(25)31)17-9-10-18(28)24-21(17)30/h4,6-7,17,23H,2-3,5,8-14H2,1H3,(H,24,28,30). The molecule has 3 amide bonds. The van der Waals surface area contributed by atoms with Crippen LogP contribution in [0.1, 0.15) is 43.7 Å². The van der Waals surface area contributed by atoms with Gasteiger partial charge in [-0.25, -0.2) is 4.79 Å². The Bertz CT molecular complexity index is 1060. The van der Waals surface area contributed by atoms with E-state index < -0.39 is 11.9 Å². The summed E-state index contributed by atoms with van der Waals surface area (Å²) in [5.41, 5.74) is 2.28. The molecule has 2 fully saturated rings. The molecule has 1 unspecified atom stereocenters. The number of para-hydroxylation sites is 1. The molecule has 3 heterocycles. The Morgan fingerprint density at radius 1 is 1.13 bits per heavy atom. The molecule has 0 aliphatic carbocycles. The number of carbonyl (C=O) groups excluding carboxylic acids is 3. The Morgan fingerprint density at radius 3 is 2.65 bits per heavy atom. The average Bonchev–Trinajstić information content (AvgIpc) is 3.03. The molecule has 2 aromatic rings. The fourth-order valence-corrected chi connectivity index (χ4v) is 4.62. The molecule has 2 N–H and O–H groups in total. The highest BCUT2D eigenvalue weighted by atomic mass is 16.2. The molecule has 9 heteroatoms. The summed E-state index contributed by atoms with van der Waals surface area (Å²) in [7, 11) is 1.71. The van der Waals surface area contributed by atoms with Gasteiger partial charge in [0, 0.05) is 46.1 Å². The van der Waals surface area contributed by atoms with E-state index in [4.69, 9.17) is 0 Å². The van der Waals surface area contributed by atoms with Gasteiger partial charge in [-0.3, -0.25) is 28.8 Å². The lowest BCUT2D eigenvalue weighted by Crippen LogP contribution is -2.46. The zero-order valence-electron chi connectivity index (χ0n) is 17.9. The van der Waals surface area contributed by atoms with Crippen molar-refractivity contribution in [2.24, 2.45) is 7.05 Å². The maximum absolute atomic E-state index is 13.0. The quantitative estimate of drug-likeness (QED) is 0.515. The molecule has 2 aliphatic rings. The van der Waals surface area contributed by atoms with Crippen LogP contribution >= 0.6 is 0 Å². The zero-order chi connectivity index (χ0) is 22.0. The summed E-state index contributed by atoms with van der Waals surface area (Å²) >= 11 is 0. The van der Waals surface area contributed by atoms with Crippen LogP contribution in [-0.4, -0.2) is 57.9 Å². The zero-order valence-corrected chi connectivity index (χ0v) is 17.9. The van der Waals surface area contributed by atoms with Crippen molar-refractivity contribution in [1.82, 2.24) is 24.7 Å². The maximum Gasteiger partial charge on any atom is 0.329 e. The lowest BCUT2D eigenvalue weighted by atomic mass is 10.0. The number of piperazine rings is 1. The van der Waals surface area contributed by atoms with Crippen molar-refractivity contribution in [2.45, 2.75) is 44.6 Å². The van der Waals surface area contributed by atoms with E-state index in [9.17, 15) is 19.2 Å². The van der Waals surface area contributed by atoms with Crippen molar-refractivity contribution < 1.29 is 14.4 Å². The predicted octanol–water partition coefficient (Wildman–Crippen LogP) is 0.462. The van der Waals surface area contributed by atoms with E-state index in [1.165, 1.54) is 4.57 Å². The van der Waals surface area contributed by atoms with Crippen molar-refractivity contribution in [3.8, 4) is 0 Å². The molecule has 0 radical (unpaired) electrons. The van der Waals surface area contributed by atoms with Crippen LogP contribution in [0.15, 0.2) is 23.0 Å². The largest absolute Gasteiger partial charge is 0.340 e. The highest BCUT2D eigenvalue weighted by molar-refractivity contribution is 6.00. The predicted molar refractivity (Wildman–Crippen MR) is 116 cm³/mol. The van der Waals surface area contributed by atoms with Gasteiger partial charge >= 0.3 is 5.69 Å². The summed E-state index contributed by atoms with van der Waals surface area (Å²) in [5, 5.41) is 5.59. The monoisotopic (exact) mass is 427 g/mol. The van der Waals surface area contributed by atoms with Gasteiger partial charge < -0.3 is 10.2 Å². The first-order chi connectivity index (χ1) is 15.0. The molecule has 4 rings (SSSR count). The molecule has 2 saturated heterocycles. The summed E-state index contributed by atoms with van der Waals surface area (Å²) < 4.78 is 3.09. The Hall–Kier alpha value is -2.94. The van der Waals surface area contributed by atoms with E-state index in [0.717, 1.165) is 56.5 Å². The van der Waals surface area contributed by atoms with Crippen molar-refractivity contribution in [3.05, 3.63) is 34.2 Å². The number of amides is 3. The summed E-state index contributed by atoms with van der Waals surface area (Å²) in [5.74, 6) is -0.524. The molecular formula is C22H29N5O4. The third-order valence-electron chi connectivity index (χ3n) is 6.26. The van der Waals surface area contributed by atoms with Gasteiger partial charge in [-0.2, -0.15) is 0 Å². The number of carbonyl (C=O) groups is 3. The Morgan fingerprint density at radius 2 is 1.90 bits per heavy atom. The number of hydrogen-bond acceptors (Lipinski definition) is 5. The number of imide groups is 1. The SMILES string of the molecule is Cn1c(=O)n(C2CCC(=O)NC2=O)c2cccc(CCCCC(=O)N3CCNCC3)c21. The van der Waals surface area contributed by atoms with Crippen molar-refractivity contribution in [2.75, 3.05) is 26.2 Å². The average molecular weight is 428 g/mol. The number of hydrogen-bond donors (Lipinski definition) is 2. The molecular weight excluding hydrogens is 398 g/mol. The van der Waals surface area contributed by atoms with E-state index >= 15 is 0 Å². The number of imidazole rings is 1. The lowest BCUT2D eigenvalue weighted by Gasteiger charge is -2.27. The third-order valence-corrected chi connectivity index (χ3v) is 6.26. The Balaban J connectivity index is 1.48. The molecule has 166 valence electrons. The first-order valence-electron chi connectivity index (χ1n) is 11.0. The second-order valence-corrected chi connectivity index (χ2v) is 8.30. The minimum Gasteiger partial charge on any atom is -0.340 e. The first kappa shape index (κ1) is 21.3. The van der Waals surface area contributed by atoms with Crippen LogP contribution in [0.2, 0.25) is 0 Å². The molecule has 0 saturated carbocycles. The Kier molecular flexibility index (Phi) is 6.22. The van der Waals surface area contributed by atoms with Gasteiger partial charge in [-0.15, -0.1) is 0 Å². The van der Waals surface area contributed by atoms with Gasteiger partial charge in [0.1, 0.15) is 6.04 Å². The summed E-state index contributed by atoms with van der Waals surface area (Å²) in [6.07, 6.45) is 3.46. The van der Waals surface area contributed by atoms with E-state index in [1.54, 1.807) is 11.6 Å². The molecule has 1 atom stereocenters. The number of nitrogens with zero attached hydrogens (tertiary/aromatic N) is 3. The lowest BCUT2D eigenvalue weighted by molar-refractivity contribution is -0.136. The summed E-state index contributed by atoms with van der Waals surface area (Å²) in [6, 6.07) is 5.05. The van der Waals surface area contributed by atoms with Crippen LogP contribution < -0.4 is 16.3 Å². The minimum atomic E-state index is -0.680. The summed E-state index contributed by atoms with van der Waals surface area (Å²) in [6.45, 7) is 3.25. The molecule has 9 nitrogen and oxygen atoms in total. The van der Waals surface area contributed by atoms with Crippen molar-refractivity contribution in [1.29, 1.82) is 0 Å². The van der Waals surface area contributed by atoms with E-state index in [2.05, 4.69) is 10.6 Å². The molecule has 31 heavy (non-hydrogen) atoms. The van der Waals surface area contributed by atoms with Gasteiger partial charge in [0.15, 0.2) is 0 Å². The van der Waals surface area contributed by atoms with E-state index in [0.29, 0.717) is 18.4 Å². The number of fused-ring (bicyclic) bond motifs is 1. The van der Waals surface area contributed by atoms with E-state index in [-0.39, 0.29) is 23.9 Å². The number of rotatable bonds is 6. The van der Waals surface area contributed by atoms with Gasteiger partial charge in [0.25, 0.3) is 0 Å². The van der Waals surface area contributed by atoms with Gasteiger partial charge in [0.2, 0.25) is 17.7 Å². The van der Waals surface area contributed by atoms with Gasteiger partial charge in [-0.05, 0) is 37.3 Å². The number of unbranched alkanes of at least 4 members (excludes halogenated alkanes) is 1. The first-order valence-corrected chi connectivity index (χ1v) is 11.0. The minimum absolute atomic E-state index is 0.205. The highest BCUT2D eigenvalue weighted by Gasteiger charge is 2.31. The van der Waals surface area contributed by atoms with Crippen molar-refractivity contribution >= 4 is 28.8 Å². The van der Waals surface area contributed by atoms with E-state index in [1.807, 2.05) is 23.1 Å². The normalized spacial score (nSPS) is 19.6. The van der Waals surface area contributed by atoms with Crippen LogP contribution in [0.4, 0.5) is 0 Å². The number of nitrogens with one attached hydrogen (secondary N) is 2. The van der Waals surface area contributed by atoms with Crippen molar-refractivity contribution in [3.63, 3.8) is 0 Å². The molecule has 1 aromatic heterocycles. The molecule has 1 aromatic carbocycles. The number of piperidine rings is 1. The van der Waals surface area contributed by atoms with Gasteiger partial charge in [0.05, 0.1) is 11.0 Å². The highest BCUT2D eigenvalue weighted by Crippen LogP contribution is 2.25. The van der Waals surface area contributed by atoms with Crippen LogP contribution in [-0.2, 0) is 27.9 Å².